The molecule has 0 fully saturated rings. The highest BCUT2D eigenvalue weighted by Gasteiger charge is 2.19. The van der Waals surface area contributed by atoms with Gasteiger partial charge in [-0.25, -0.2) is 15.0 Å². The highest BCUT2D eigenvalue weighted by atomic mass is 35.5. The highest BCUT2D eigenvalue weighted by Crippen LogP contribution is 2.28. The number of amides is 1. The van der Waals surface area contributed by atoms with Crippen molar-refractivity contribution in [3.63, 3.8) is 0 Å². The summed E-state index contributed by atoms with van der Waals surface area (Å²) in [6.45, 7) is 10.8. The van der Waals surface area contributed by atoms with Gasteiger partial charge in [0.05, 0.1) is 6.20 Å². The van der Waals surface area contributed by atoms with Crippen LogP contribution in [0.2, 0.25) is 5.02 Å². The van der Waals surface area contributed by atoms with Gasteiger partial charge in [-0.05, 0) is 40.0 Å². The van der Waals surface area contributed by atoms with Gasteiger partial charge >= 0.3 is 6.02 Å². The number of aliphatic imine (C=N–C) groups is 2. The molecule has 0 aliphatic heterocycles. The number of aryl methyl sites for hydroxylation is 1. The lowest BCUT2D eigenvalue weighted by molar-refractivity contribution is 0.0957. The molecule has 0 saturated heterocycles. The van der Waals surface area contributed by atoms with Crippen LogP contribution in [0.15, 0.2) is 69.4 Å². The maximum atomic E-state index is 13.2. The third-order valence-corrected chi connectivity index (χ3v) is 5.32. The Hall–Kier alpha value is -4.31. The minimum absolute atomic E-state index is 0.0741. The molecule has 3 aromatic rings. The number of amidine groups is 1. The van der Waals surface area contributed by atoms with Gasteiger partial charge in [0.2, 0.25) is 5.43 Å². The van der Waals surface area contributed by atoms with Crippen molar-refractivity contribution in [2.24, 2.45) is 9.98 Å². The largest absolute Gasteiger partial charge is 0.423 e. The van der Waals surface area contributed by atoms with Crippen LogP contribution in [0.1, 0.15) is 42.9 Å². The molecule has 0 saturated carbocycles. The number of halogens is 1. The molecule has 0 radical (unpaired) electrons. The van der Waals surface area contributed by atoms with E-state index < -0.39 is 11.3 Å². The fourth-order valence-corrected chi connectivity index (χ4v) is 3.15. The van der Waals surface area contributed by atoms with Gasteiger partial charge in [0.15, 0.2) is 11.4 Å². The number of nitrogens with two attached hydrogens (primary N) is 1. The Labute approximate surface area is 213 Å². The summed E-state index contributed by atoms with van der Waals surface area (Å²) in [5, 5.41) is 6.98. The van der Waals surface area contributed by atoms with Crippen molar-refractivity contribution in [3.05, 3.63) is 81.1 Å². The van der Waals surface area contributed by atoms with E-state index >= 15 is 0 Å². The van der Waals surface area contributed by atoms with Crippen LogP contribution in [-0.4, -0.2) is 33.4 Å². The molecule has 10 nitrogen and oxygen atoms in total. The fourth-order valence-electron chi connectivity index (χ4n) is 3.00. The number of ether oxygens (including phenoxy) is 1. The minimum atomic E-state index is -0.675. The fraction of sp³-hybridized carbons (Fsp3) is 0.200. The molecule has 0 unspecified atom stereocenters. The first-order chi connectivity index (χ1) is 17.1. The highest BCUT2D eigenvalue weighted by molar-refractivity contribution is 6.34. The number of hydrogen-bond acceptors (Lipinski definition) is 7. The molecule has 2 aromatic heterocycles. The van der Waals surface area contributed by atoms with Crippen molar-refractivity contribution in [2.45, 2.75) is 33.7 Å². The lowest BCUT2D eigenvalue weighted by atomic mass is 10.0. The van der Waals surface area contributed by atoms with Crippen molar-refractivity contribution in [3.8, 4) is 16.9 Å². The number of carbonyl (C=O) groups is 1. The Kier molecular flexibility index (Phi) is 8.34. The third-order valence-electron chi connectivity index (χ3n) is 4.94. The SMILES string of the molecule is C=NC(=N/C=C(\C)NC(=O)c1nn(C(C)C)cc(-c2ccc(C)cc2)c1=O)Oc1ccnc(N)c1Cl. The second-order valence-electron chi connectivity index (χ2n) is 8.11. The Balaban J connectivity index is 1.88. The molecule has 0 aliphatic rings. The smallest absolute Gasteiger partial charge is 0.321 e. The molecule has 1 amide bonds. The first-order valence-electron chi connectivity index (χ1n) is 10.9. The predicted octanol–water partition coefficient (Wildman–Crippen LogP) is 4.16. The second kappa shape index (κ2) is 11.4. The maximum Gasteiger partial charge on any atom is 0.321 e. The quantitative estimate of drug-likeness (QED) is 0.379. The summed E-state index contributed by atoms with van der Waals surface area (Å²) in [4.78, 5) is 37.8. The molecule has 36 heavy (non-hydrogen) atoms. The second-order valence-corrected chi connectivity index (χ2v) is 8.48. The number of allylic oxidation sites excluding steroid dienone is 1. The molecule has 0 bridgehead atoms. The van der Waals surface area contributed by atoms with Gasteiger partial charge in [0.25, 0.3) is 5.91 Å². The van der Waals surface area contributed by atoms with E-state index in [4.69, 9.17) is 22.1 Å². The standard InChI is InChI=1S/C25H26ClN7O3/c1-14(2)33-13-18(17-8-6-15(3)7-9-17)22(34)21(32-33)24(35)31-16(4)12-30-25(28-5)36-19-10-11-29-23(27)20(19)26/h6-14H,5H2,1-4H3,(H2,27,29)(H,31,35)/b16-12+,30-25?. The summed E-state index contributed by atoms with van der Waals surface area (Å²) < 4.78 is 7.08. The molecule has 0 atom stereocenters. The molecular formula is C25H26ClN7O3. The molecule has 186 valence electrons. The summed E-state index contributed by atoms with van der Waals surface area (Å²) >= 11 is 6.07. The number of rotatable bonds is 6. The van der Waals surface area contributed by atoms with Crippen LogP contribution < -0.4 is 21.2 Å². The van der Waals surface area contributed by atoms with Crippen molar-refractivity contribution in [1.29, 1.82) is 0 Å². The van der Waals surface area contributed by atoms with Crippen LogP contribution in [0.5, 0.6) is 5.75 Å². The van der Waals surface area contributed by atoms with Crippen molar-refractivity contribution < 1.29 is 9.53 Å². The number of carbonyl (C=O) groups excluding carboxylic acids is 1. The van der Waals surface area contributed by atoms with Crippen LogP contribution in [0.3, 0.4) is 0 Å². The monoisotopic (exact) mass is 507 g/mol. The van der Waals surface area contributed by atoms with Crippen LogP contribution in [-0.2, 0) is 0 Å². The summed E-state index contributed by atoms with van der Waals surface area (Å²) in [6.07, 6.45) is 4.36. The summed E-state index contributed by atoms with van der Waals surface area (Å²) in [6, 6.07) is 8.76. The van der Waals surface area contributed by atoms with E-state index in [1.165, 1.54) is 18.5 Å². The lowest BCUT2D eigenvalue weighted by Crippen LogP contribution is -2.32. The van der Waals surface area contributed by atoms with Crippen LogP contribution in [0.25, 0.3) is 11.1 Å². The Bertz CT molecular complexity index is 1410. The van der Waals surface area contributed by atoms with Gasteiger partial charge in [0.1, 0.15) is 10.8 Å². The van der Waals surface area contributed by atoms with E-state index in [-0.39, 0.29) is 34.3 Å². The van der Waals surface area contributed by atoms with Gasteiger partial charge in [-0.3, -0.25) is 14.3 Å². The number of benzene rings is 1. The maximum absolute atomic E-state index is 13.2. The number of nitrogens with zero attached hydrogens (tertiary/aromatic N) is 5. The number of pyridine rings is 1. The zero-order valence-corrected chi connectivity index (χ0v) is 21.1. The average molecular weight is 508 g/mol. The first-order valence-corrected chi connectivity index (χ1v) is 11.3. The zero-order valence-electron chi connectivity index (χ0n) is 20.3. The van der Waals surface area contributed by atoms with E-state index in [0.717, 1.165) is 5.56 Å². The third kappa shape index (κ3) is 6.22. The van der Waals surface area contributed by atoms with Gasteiger partial charge in [-0.1, -0.05) is 41.4 Å². The summed E-state index contributed by atoms with van der Waals surface area (Å²) in [5.41, 5.74) is 7.39. The van der Waals surface area contributed by atoms with Gasteiger partial charge in [-0.15, -0.1) is 0 Å². The number of hydrogen-bond donors (Lipinski definition) is 2. The number of anilines is 1. The van der Waals surface area contributed by atoms with Crippen molar-refractivity contribution in [1.82, 2.24) is 20.1 Å². The van der Waals surface area contributed by atoms with Gasteiger partial charge < -0.3 is 15.8 Å². The molecule has 1 aromatic carbocycles. The molecule has 0 aliphatic carbocycles. The van der Waals surface area contributed by atoms with Crippen LogP contribution >= 0.6 is 11.6 Å². The molecule has 2 heterocycles. The van der Waals surface area contributed by atoms with E-state index in [2.05, 4.69) is 32.1 Å². The zero-order chi connectivity index (χ0) is 26.4. The van der Waals surface area contributed by atoms with E-state index in [1.54, 1.807) is 17.8 Å². The lowest BCUT2D eigenvalue weighted by Gasteiger charge is -2.14. The average Bonchev–Trinajstić information content (AvgIpc) is 2.84. The van der Waals surface area contributed by atoms with E-state index in [9.17, 15) is 9.59 Å². The number of nitrogens with one attached hydrogen (secondary N) is 1. The molecule has 3 rings (SSSR count). The summed E-state index contributed by atoms with van der Waals surface area (Å²) in [7, 11) is 0. The number of aromatic nitrogens is 3. The van der Waals surface area contributed by atoms with Crippen molar-refractivity contribution >= 4 is 36.1 Å². The number of nitrogen functional groups attached to an aromatic ring is 1. The van der Waals surface area contributed by atoms with E-state index in [0.29, 0.717) is 16.8 Å². The van der Waals surface area contributed by atoms with E-state index in [1.807, 2.05) is 45.0 Å². The topological polar surface area (TPSA) is 137 Å². The molecule has 3 N–H and O–H groups in total. The first kappa shape index (κ1) is 26.3. The normalized spacial score (nSPS) is 11.9. The van der Waals surface area contributed by atoms with Crippen molar-refractivity contribution in [2.75, 3.05) is 5.73 Å². The molecule has 0 spiro atoms. The van der Waals surface area contributed by atoms with Gasteiger partial charge in [-0.2, -0.15) is 5.10 Å². The molecular weight excluding hydrogens is 482 g/mol. The molecule has 11 heteroatoms. The Morgan fingerprint density at radius 1 is 1.28 bits per heavy atom. The van der Waals surface area contributed by atoms with Crippen LogP contribution in [0, 0.1) is 6.92 Å². The minimum Gasteiger partial charge on any atom is -0.423 e. The summed E-state index contributed by atoms with van der Waals surface area (Å²) in [5.74, 6) is -0.396. The Morgan fingerprint density at radius 2 is 1.97 bits per heavy atom. The Morgan fingerprint density at radius 3 is 2.61 bits per heavy atom. The predicted molar refractivity (Wildman–Crippen MR) is 142 cm³/mol. The van der Waals surface area contributed by atoms with Crippen LogP contribution in [0.4, 0.5) is 5.82 Å². The van der Waals surface area contributed by atoms with Gasteiger partial charge in [0, 0.05) is 35.8 Å².